The standard InChI is InChI=1S/C17H21NOSe/c19-17(18-14-9-4-2-1-3-5-10-14)16-12-13-8-6-7-11-15(13)20-16/h6-8,11-12,14H,1-5,9-10H2,(H,18,19). The van der Waals surface area contributed by atoms with Crippen LogP contribution in [0.15, 0.2) is 30.3 Å². The first kappa shape index (κ1) is 13.9. The van der Waals surface area contributed by atoms with E-state index in [-0.39, 0.29) is 20.4 Å². The van der Waals surface area contributed by atoms with Crippen LogP contribution < -0.4 is 5.32 Å². The number of nitrogens with one attached hydrogen (secondary N) is 1. The fourth-order valence-electron chi connectivity index (χ4n) is 2.95. The van der Waals surface area contributed by atoms with E-state index in [2.05, 4.69) is 29.6 Å². The topological polar surface area (TPSA) is 29.1 Å². The molecule has 0 spiro atoms. The molecule has 0 aliphatic heterocycles. The minimum absolute atomic E-state index is 0.173. The molecule has 106 valence electrons. The molecule has 1 aromatic heterocycles. The number of fused-ring (bicyclic) bond motifs is 1. The van der Waals surface area contributed by atoms with Crippen molar-refractivity contribution >= 4 is 30.1 Å². The molecule has 1 aliphatic carbocycles. The molecule has 1 N–H and O–H groups in total. The molecule has 2 aromatic rings. The van der Waals surface area contributed by atoms with Crippen LogP contribution in [0, 0.1) is 0 Å². The van der Waals surface area contributed by atoms with Crippen LogP contribution in [0.4, 0.5) is 0 Å². The average Bonchev–Trinajstić information content (AvgIpc) is 2.85. The van der Waals surface area contributed by atoms with Gasteiger partial charge in [-0.1, -0.05) is 0 Å². The third kappa shape index (κ3) is 3.34. The number of hydrogen-bond donors (Lipinski definition) is 1. The van der Waals surface area contributed by atoms with Crippen molar-refractivity contribution in [3.8, 4) is 0 Å². The van der Waals surface area contributed by atoms with Crippen LogP contribution >= 0.6 is 0 Å². The van der Waals surface area contributed by atoms with Gasteiger partial charge in [-0.05, 0) is 0 Å². The zero-order valence-electron chi connectivity index (χ0n) is 11.7. The second-order valence-electron chi connectivity index (χ2n) is 5.66. The molecule has 0 saturated heterocycles. The normalized spacial score (nSPS) is 17.6. The molecule has 0 atom stereocenters. The summed E-state index contributed by atoms with van der Waals surface area (Å²) in [6, 6.07) is 10.8. The average molecular weight is 334 g/mol. The first-order valence-electron chi connectivity index (χ1n) is 7.62. The van der Waals surface area contributed by atoms with Gasteiger partial charge in [0, 0.05) is 0 Å². The van der Waals surface area contributed by atoms with Gasteiger partial charge in [0.25, 0.3) is 0 Å². The second-order valence-corrected chi connectivity index (χ2v) is 7.94. The molecule has 3 heteroatoms. The van der Waals surface area contributed by atoms with Gasteiger partial charge in [-0.15, -0.1) is 0 Å². The monoisotopic (exact) mass is 335 g/mol. The van der Waals surface area contributed by atoms with Crippen LogP contribution in [-0.4, -0.2) is 26.5 Å². The Balaban J connectivity index is 1.68. The van der Waals surface area contributed by atoms with Gasteiger partial charge < -0.3 is 0 Å². The van der Waals surface area contributed by atoms with Crippen molar-refractivity contribution in [1.29, 1.82) is 0 Å². The predicted octanol–water partition coefficient (Wildman–Crippen LogP) is 3.74. The maximum absolute atomic E-state index is 12.4. The quantitative estimate of drug-likeness (QED) is 0.833. The second kappa shape index (κ2) is 6.60. The van der Waals surface area contributed by atoms with Crippen molar-refractivity contribution in [2.75, 3.05) is 0 Å². The van der Waals surface area contributed by atoms with E-state index < -0.39 is 0 Å². The van der Waals surface area contributed by atoms with E-state index in [1.807, 2.05) is 6.07 Å². The summed E-state index contributed by atoms with van der Waals surface area (Å²) in [5.41, 5.74) is 0. The number of carbonyl (C=O) groups excluding carboxylic acids is 1. The van der Waals surface area contributed by atoms with E-state index in [0.29, 0.717) is 6.04 Å². The van der Waals surface area contributed by atoms with Gasteiger partial charge in [-0.2, -0.15) is 0 Å². The summed E-state index contributed by atoms with van der Waals surface area (Å²) < 4.78 is 2.32. The van der Waals surface area contributed by atoms with E-state index >= 15 is 0 Å². The van der Waals surface area contributed by atoms with E-state index in [1.165, 1.54) is 41.8 Å². The predicted molar refractivity (Wildman–Crippen MR) is 84.5 cm³/mol. The van der Waals surface area contributed by atoms with Crippen LogP contribution in [0.2, 0.25) is 0 Å². The first-order chi connectivity index (χ1) is 9.83. The van der Waals surface area contributed by atoms with Gasteiger partial charge in [0.2, 0.25) is 0 Å². The molecule has 2 nitrogen and oxygen atoms in total. The summed E-state index contributed by atoms with van der Waals surface area (Å²) in [6.45, 7) is 0. The van der Waals surface area contributed by atoms with E-state index in [9.17, 15) is 4.79 Å². The van der Waals surface area contributed by atoms with Crippen molar-refractivity contribution in [3.05, 3.63) is 34.8 Å². The van der Waals surface area contributed by atoms with Gasteiger partial charge in [-0.3, -0.25) is 0 Å². The molecule has 1 fully saturated rings. The third-order valence-electron chi connectivity index (χ3n) is 4.09. The molecule has 1 aromatic carbocycles. The Morgan fingerprint density at radius 2 is 1.75 bits per heavy atom. The zero-order valence-corrected chi connectivity index (χ0v) is 13.4. The van der Waals surface area contributed by atoms with Gasteiger partial charge in [0.15, 0.2) is 0 Å². The number of carbonyl (C=O) groups is 1. The van der Waals surface area contributed by atoms with Gasteiger partial charge in [-0.25, -0.2) is 0 Å². The van der Waals surface area contributed by atoms with Crippen molar-refractivity contribution in [2.45, 2.75) is 51.0 Å². The third-order valence-corrected chi connectivity index (χ3v) is 6.43. The minimum atomic E-state index is 0.173. The van der Waals surface area contributed by atoms with Crippen molar-refractivity contribution in [1.82, 2.24) is 5.32 Å². The molecular formula is C17H21NOSe. The molecule has 0 radical (unpaired) electrons. The summed E-state index contributed by atoms with van der Waals surface area (Å²) in [4.78, 5) is 12.4. The molecule has 1 aliphatic rings. The van der Waals surface area contributed by atoms with Crippen LogP contribution in [0.5, 0.6) is 0 Å². The molecular weight excluding hydrogens is 313 g/mol. The molecule has 0 unspecified atom stereocenters. The number of benzene rings is 1. The summed E-state index contributed by atoms with van der Waals surface area (Å²) in [6.07, 6.45) is 8.84. The number of hydrogen-bond acceptors (Lipinski definition) is 1. The molecule has 1 heterocycles. The molecule has 3 rings (SSSR count). The van der Waals surface area contributed by atoms with Crippen molar-refractivity contribution in [3.63, 3.8) is 0 Å². The Bertz CT molecular complexity index is 548. The molecule has 1 saturated carbocycles. The van der Waals surface area contributed by atoms with Crippen molar-refractivity contribution < 1.29 is 4.79 Å². The first-order valence-corrected chi connectivity index (χ1v) is 9.34. The Morgan fingerprint density at radius 3 is 2.50 bits per heavy atom. The molecule has 0 bridgehead atoms. The van der Waals surface area contributed by atoms with Crippen molar-refractivity contribution in [2.24, 2.45) is 0 Å². The van der Waals surface area contributed by atoms with E-state index in [4.69, 9.17) is 0 Å². The van der Waals surface area contributed by atoms with E-state index in [0.717, 1.165) is 17.3 Å². The van der Waals surface area contributed by atoms with Crippen LogP contribution in [-0.2, 0) is 0 Å². The zero-order chi connectivity index (χ0) is 13.8. The summed E-state index contributed by atoms with van der Waals surface area (Å²) in [7, 11) is 0. The Labute approximate surface area is 126 Å². The van der Waals surface area contributed by atoms with Crippen LogP contribution in [0.3, 0.4) is 0 Å². The SMILES string of the molecule is O=C(NC1CCCCCCC1)c1cc2ccccc2[se]1. The number of amides is 1. The van der Waals surface area contributed by atoms with Gasteiger partial charge in [0.05, 0.1) is 0 Å². The van der Waals surface area contributed by atoms with Gasteiger partial charge >= 0.3 is 126 Å². The summed E-state index contributed by atoms with van der Waals surface area (Å²) in [5.74, 6) is 0.173. The van der Waals surface area contributed by atoms with Crippen LogP contribution in [0.1, 0.15) is 54.2 Å². The molecule has 1 amide bonds. The summed E-state index contributed by atoms with van der Waals surface area (Å²) >= 11 is 0.183. The molecule has 20 heavy (non-hydrogen) atoms. The maximum atomic E-state index is 12.4. The summed E-state index contributed by atoms with van der Waals surface area (Å²) in [5, 5.41) is 4.50. The van der Waals surface area contributed by atoms with Crippen LogP contribution in [0.25, 0.3) is 9.65 Å². The number of rotatable bonds is 2. The van der Waals surface area contributed by atoms with Gasteiger partial charge in [0.1, 0.15) is 0 Å². The Kier molecular flexibility index (Phi) is 4.59. The fourth-order valence-corrected chi connectivity index (χ4v) is 4.98. The Hall–Kier alpha value is -1.05. The Morgan fingerprint density at radius 1 is 1.05 bits per heavy atom. The fraction of sp³-hybridized carbons (Fsp3) is 0.471. The van der Waals surface area contributed by atoms with E-state index in [1.54, 1.807) is 0 Å².